The van der Waals surface area contributed by atoms with Crippen molar-refractivity contribution in [3.8, 4) is 11.3 Å². The molecule has 28 heavy (non-hydrogen) atoms. The largest absolute Gasteiger partial charge is 0.352 e. The number of rotatable bonds is 5. The van der Waals surface area contributed by atoms with E-state index in [4.69, 9.17) is 0 Å². The Hall–Kier alpha value is -2.20. The Morgan fingerprint density at radius 3 is 2.79 bits per heavy atom. The number of likely N-dealkylation sites (tertiary alicyclic amines) is 1. The molecule has 1 aromatic carbocycles. The van der Waals surface area contributed by atoms with Crippen molar-refractivity contribution < 1.29 is 4.79 Å². The summed E-state index contributed by atoms with van der Waals surface area (Å²) in [6.07, 6.45) is 9.95. The summed E-state index contributed by atoms with van der Waals surface area (Å²) in [6, 6.07) is 12.6. The Bertz CT molecular complexity index is 796. The number of aromatic nitrogens is 1. The normalized spacial score (nSPS) is 21.0. The maximum atomic E-state index is 12.7. The van der Waals surface area contributed by atoms with E-state index in [-0.39, 0.29) is 5.91 Å². The van der Waals surface area contributed by atoms with E-state index in [1.54, 1.807) is 0 Å². The van der Waals surface area contributed by atoms with Crippen molar-refractivity contribution in [2.24, 2.45) is 5.92 Å². The number of hydrogen-bond acceptors (Lipinski definition) is 3. The van der Waals surface area contributed by atoms with Crippen LogP contribution in [-0.2, 0) is 0 Å². The smallest absolute Gasteiger partial charge is 0.251 e. The summed E-state index contributed by atoms with van der Waals surface area (Å²) < 4.78 is 0. The van der Waals surface area contributed by atoms with Crippen LogP contribution in [0, 0.1) is 12.8 Å². The fourth-order valence-electron chi connectivity index (χ4n) is 4.60. The number of aryl methyl sites for hydroxylation is 1. The van der Waals surface area contributed by atoms with Gasteiger partial charge in [0, 0.05) is 36.5 Å². The lowest BCUT2D eigenvalue weighted by molar-refractivity contribution is 0.0946. The number of amides is 1. The van der Waals surface area contributed by atoms with E-state index >= 15 is 0 Å². The first-order valence-corrected chi connectivity index (χ1v) is 10.7. The minimum atomic E-state index is 0.0186. The van der Waals surface area contributed by atoms with Crippen molar-refractivity contribution in [2.75, 3.05) is 19.6 Å². The molecule has 2 aliphatic rings. The number of benzene rings is 1. The molecule has 1 aliphatic carbocycles. The van der Waals surface area contributed by atoms with Gasteiger partial charge in [0.05, 0.1) is 5.69 Å². The van der Waals surface area contributed by atoms with Crippen LogP contribution in [0.2, 0.25) is 0 Å². The molecule has 1 aromatic heterocycles. The van der Waals surface area contributed by atoms with Crippen LogP contribution in [0.3, 0.4) is 0 Å². The van der Waals surface area contributed by atoms with E-state index in [0.717, 1.165) is 36.0 Å². The molecule has 1 amide bonds. The lowest BCUT2D eigenvalue weighted by Gasteiger charge is -2.31. The average molecular weight is 378 g/mol. The van der Waals surface area contributed by atoms with Crippen molar-refractivity contribution in [1.29, 1.82) is 0 Å². The van der Waals surface area contributed by atoms with Gasteiger partial charge in [-0.05, 0) is 62.4 Å². The maximum Gasteiger partial charge on any atom is 0.251 e. The maximum absolute atomic E-state index is 12.7. The van der Waals surface area contributed by atoms with E-state index < -0.39 is 0 Å². The van der Waals surface area contributed by atoms with Crippen LogP contribution < -0.4 is 5.32 Å². The second kappa shape index (κ2) is 8.87. The topological polar surface area (TPSA) is 45.2 Å². The summed E-state index contributed by atoms with van der Waals surface area (Å²) in [5.41, 5.74) is 3.73. The number of nitrogens with one attached hydrogen (secondary N) is 1. The van der Waals surface area contributed by atoms with Gasteiger partial charge in [0.1, 0.15) is 0 Å². The summed E-state index contributed by atoms with van der Waals surface area (Å²) in [6.45, 7) is 5.13. The first-order valence-electron chi connectivity index (χ1n) is 10.7. The summed E-state index contributed by atoms with van der Waals surface area (Å²) in [5.74, 6) is 0.595. The van der Waals surface area contributed by atoms with Crippen LogP contribution in [0.4, 0.5) is 0 Å². The fourth-order valence-corrected chi connectivity index (χ4v) is 4.60. The number of hydrogen-bond donors (Lipinski definition) is 1. The van der Waals surface area contributed by atoms with E-state index in [1.165, 1.54) is 45.1 Å². The second-order valence-electron chi connectivity index (χ2n) is 8.45. The molecule has 2 heterocycles. The van der Waals surface area contributed by atoms with Crippen LogP contribution in [0.1, 0.15) is 54.4 Å². The van der Waals surface area contributed by atoms with Crippen LogP contribution in [-0.4, -0.2) is 41.5 Å². The predicted octanol–water partition coefficient (Wildman–Crippen LogP) is 4.44. The molecule has 0 bridgehead atoms. The number of carbonyl (C=O) groups is 1. The third-order valence-corrected chi connectivity index (χ3v) is 6.29. The Labute approximate surface area is 168 Å². The van der Waals surface area contributed by atoms with Gasteiger partial charge in [-0.25, -0.2) is 0 Å². The van der Waals surface area contributed by atoms with Gasteiger partial charge >= 0.3 is 0 Å². The molecular weight excluding hydrogens is 346 g/mol. The molecule has 1 atom stereocenters. The van der Waals surface area contributed by atoms with Crippen LogP contribution in [0.15, 0.2) is 42.6 Å². The Morgan fingerprint density at radius 2 is 2.00 bits per heavy atom. The minimum absolute atomic E-state index is 0.0186. The van der Waals surface area contributed by atoms with Crippen molar-refractivity contribution in [3.63, 3.8) is 0 Å². The zero-order valence-electron chi connectivity index (χ0n) is 16.9. The van der Waals surface area contributed by atoms with Crippen molar-refractivity contribution >= 4 is 5.91 Å². The zero-order chi connectivity index (χ0) is 19.3. The van der Waals surface area contributed by atoms with Gasteiger partial charge in [-0.15, -0.1) is 0 Å². The van der Waals surface area contributed by atoms with Crippen LogP contribution in [0.25, 0.3) is 11.3 Å². The fraction of sp³-hybridized carbons (Fsp3) is 0.500. The summed E-state index contributed by atoms with van der Waals surface area (Å²) in [7, 11) is 0. The molecule has 0 radical (unpaired) electrons. The first-order chi connectivity index (χ1) is 13.7. The molecule has 4 nitrogen and oxygen atoms in total. The molecule has 1 unspecified atom stereocenters. The van der Waals surface area contributed by atoms with Gasteiger partial charge in [-0.3, -0.25) is 9.78 Å². The Morgan fingerprint density at radius 1 is 1.14 bits per heavy atom. The highest BCUT2D eigenvalue weighted by atomic mass is 16.1. The van der Waals surface area contributed by atoms with E-state index in [0.29, 0.717) is 11.5 Å². The summed E-state index contributed by atoms with van der Waals surface area (Å²) in [4.78, 5) is 19.8. The molecule has 4 rings (SSSR count). The monoisotopic (exact) mass is 377 g/mol. The molecule has 2 fully saturated rings. The zero-order valence-corrected chi connectivity index (χ0v) is 16.9. The predicted molar refractivity (Wildman–Crippen MR) is 113 cm³/mol. The van der Waals surface area contributed by atoms with Gasteiger partial charge in [0.2, 0.25) is 0 Å². The standard InChI is InChI=1S/C24H31N3O/c1-18-10-11-23(25-15-18)20-6-5-7-21(14-20)24(28)26-16-19-12-13-27(17-19)22-8-3-2-4-9-22/h5-7,10-11,14-15,19,22H,2-4,8-9,12-13,16-17H2,1H3,(H,26,28). The first kappa shape index (κ1) is 19.1. The molecule has 1 aliphatic heterocycles. The molecule has 1 N–H and O–H groups in total. The summed E-state index contributed by atoms with van der Waals surface area (Å²) in [5, 5.41) is 3.17. The molecule has 148 valence electrons. The second-order valence-corrected chi connectivity index (χ2v) is 8.45. The van der Waals surface area contributed by atoms with Crippen LogP contribution >= 0.6 is 0 Å². The number of pyridine rings is 1. The van der Waals surface area contributed by atoms with Crippen molar-refractivity contribution in [3.05, 3.63) is 53.7 Å². The number of nitrogens with zero attached hydrogens (tertiary/aromatic N) is 2. The minimum Gasteiger partial charge on any atom is -0.352 e. The van der Waals surface area contributed by atoms with Gasteiger partial charge in [0.25, 0.3) is 5.91 Å². The molecule has 0 spiro atoms. The third-order valence-electron chi connectivity index (χ3n) is 6.29. The SMILES string of the molecule is Cc1ccc(-c2cccc(C(=O)NCC3CCN(C4CCCCC4)C3)c2)nc1. The molecule has 2 aromatic rings. The molecule has 4 heteroatoms. The van der Waals surface area contributed by atoms with E-state index in [2.05, 4.69) is 15.2 Å². The highest BCUT2D eigenvalue weighted by Crippen LogP contribution is 2.27. The van der Waals surface area contributed by atoms with Crippen LogP contribution in [0.5, 0.6) is 0 Å². The van der Waals surface area contributed by atoms with E-state index in [1.807, 2.05) is 49.5 Å². The van der Waals surface area contributed by atoms with Gasteiger partial charge < -0.3 is 10.2 Å². The number of carbonyl (C=O) groups excluding carboxylic acids is 1. The van der Waals surface area contributed by atoms with Crippen molar-refractivity contribution in [1.82, 2.24) is 15.2 Å². The highest BCUT2D eigenvalue weighted by Gasteiger charge is 2.29. The lowest BCUT2D eigenvalue weighted by Crippen LogP contribution is -2.36. The van der Waals surface area contributed by atoms with Gasteiger partial charge in [-0.2, -0.15) is 0 Å². The highest BCUT2D eigenvalue weighted by molar-refractivity contribution is 5.95. The average Bonchev–Trinajstić information content (AvgIpc) is 3.22. The summed E-state index contributed by atoms with van der Waals surface area (Å²) >= 11 is 0. The van der Waals surface area contributed by atoms with Gasteiger partial charge in [-0.1, -0.05) is 37.5 Å². The lowest BCUT2D eigenvalue weighted by atomic mass is 9.94. The van der Waals surface area contributed by atoms with Crippen molar-refractivity contribution in [2.45, 2.75) is 51.5 Å². The quantitative estimate of drug-likeness (QED) is 0.838. The Balaban J connectivity index is 1.32. The molecule has 1 saturated carbocycles. The third kappa shape index (κ3) is 4.61. The molecular formula is C24H31N3O. The van der Waals surface area contributed by atoms with E-state index in [9.17, 15) is 4.79 Å². The molecule has 1 saturated heterocycles. The Kier molecular flexibility index (Phi) is 6.06. The van der Waals surface area contributed by atoms with Gasteiger partial charge in [0.15, 0.2) is 0 Å².